The Morgan fingerprint density at radius 2 is 1.62 bits per heavy atom. The first-order chi connectivity index (χ1) is 10.1. The van der Waals surface area contributed by atoms with Crippen LogP contribution in [0.4, 0.5) is 5.69 Å². The average molecular weight is 278 g/mol. The van der Waals surface area contributed by atoms with Crippen LogP contribution in [0.25, 0.3) is 5.57 Å². The number of rotatable bonds is 5. The maximum Gasteiger partial charge on any atom is 0.148 e. The van der Waals surface area contributed by atoms with E-state index in [2.05, 4.69) is 25.7 Å². The van der Waals surface area contributed by atoms with Crippen LogP contribution in [0.2, 0.25) is 0 Å². The van der Waals surface area contributed by atoms with Crippen LogP contribution in [0.1, 0.15) is 32.8 Å². The maximum absolute atomic E-state index is 9.14. The molecule has 1 aromatic rings. The smallest absolute Gasteiger partial charge is 0.148 e. The highest BCUT2D eigenvalue weighted by atomic mass is 15.1. The third-order valence-electron chi connectivity index (χ3n) is 3.54. The van der Waals surface area contributed by atoms with Crippen LogP contribution in [-0.2, 0) is 0 Å². The zero-order valence-corrected chi connectivity index (χ0v) is 12.6. The van der Waals surface area contributed by atoms with Crippen molar-refractivity contribution in [2.75, 3.05) is 11.4 Å². The monoisotopic (exact) mass is 278 g/mol. The largest absolute Gasteiger partial charge is 0.369 e. The van der Waals surface area contributed by atoms with Gasteiger partial charge in [0, 0.05) is 18.3 Å². The zero-order chi connectivity index (χ0) is 15.8. The molecule has 1 unspecified atom stereocenters. The van der Waals surface area contributed by atoms with Crippen LogP contribution in [0, 0.1) is 34.0 Å². The number of nitrogens with zero attached hydrogens (tertiary/aromatic N) is 4. The predicted octanol–water partition coefficient (Wildman–Crippen LogP) is 3.64. The lowest BCUT2D eigenvalue weighted by molar-refractivity contribution is 0.630. The molecule has 0 aliphatic heterocycles. The van der Waals surface area contributed by atoms with Gasteiger partial charge in [0.15, 0.2) is 0 Å². The summed E-state index contributed by atoms with van der Waals surface area (Å²) in [6.45, 7) is 7.31. The number of hydrogen-bond donors (Lipinski definition) is 0. The Bertz CT molecular complexity index is 619. The Morgan fingerprint density at radius 1 is 1.05 bits per heavy atom. The van der Waals surface area contributed by atoms with E-state index in [-0.39, 0.29) is 11.1 Å². The summed E-state index contributed by atoms with van der Waals surface area (Å²) < 4.78 is 0. The highest BCUT2D eigenvalue weighted by Gasteiger charge is 2.13. The summed E-state index contributed by atoms with van der Waals surface area (Å²) in [7, 11) is 0. The van der Waals surface area contributed by atoms with Gasteiger partial charge in [-0.05, 0) is 38.0 Å². The molecule has 0 aliphatic carbocycles. The van der Waals surface area contributed by atoms with E-state index in [1.807, 2.05) is 18.2 Å². The zero-order valence-electron chi connectivity index (χ0n) is 12.6. The van der Waals surface area contributed by atoms with Crippen LogP contribution < -0.4 is 4.90 Å². The minimum absolute atomic E-state index is 0.123. The summed E-state index contributed by atoms with van der Waals surface area (Å²) in [5.74, 6) is 0. The number of benzene rings is 1. The fourth-order valence-electron chi connectivity index (χ4n) is 2.19. The van der Waals surface area contributed by atoms with Gasteiger partial charge in [-0.2, -0.15) is 15.8 Å². The Kier molecular flexibility index (Phi) is 5.99. The van der Waals surface area contributed by atoms with Crippen LogP contribution >= 0.6 is 0 Å². The van der Waals surface area contributed by atoms with Crippen molar-refractivity contribution in [3.8, 4) is 18.2 Å². The molecule has 0 N–H and O–H groups in total. The van der Waals surface area contributed by atoms with Crippen LogP contribution in [0.5, 0.6) is 0 Å². The van der Waals surface area contributed by atoms with Gasteiger partial charge in [-0.25, -0.2) is 0 Å². The first-order valence-corrected chi connectivity index (χ1v) is 6.94. The lowest BCUT2D eigenvalue weighted by Crippen LogP contribution is -2.32. The van der Waals surface area contributed by atoms with E-state index < -0.39 is 0 Å². The van der Waals surface area contributed by atoms with Crippen molar-refractivity contribution < 1.29 is 0 Å². The molecule has 4 heteroatoms. The summed E-state index contributed by atoms with van der Waals surface area (Å²) in [6.07, 6.45) is 1.05. The lowest BCUT2D eigenvalue weighted by Gasteiger charge is -2.29. The molecule has 0 amide bonds. The molecule has 0 radical (unpaired) electrons. The van der Waals surface area contributed by atoms with Crippen LogP contribution in [0.3, 0.4) is 0 Å². The van der Waals surface area contributed by atoms with Crippen molar-refractivity contribution in [2.45, 2.75) is 33.2 Å². The van der Waals surface area contributed by atoms with Gasteiger partial charge >= 0.3 is 0 Å². The van der Waals surface area contributed by atoms with Gasteiger partial charge in [0.25, 0.3) is 0 Å². The minimum Gasteiger partial charge on any atom is -0.369 e. The second-order valence-corrected chi connectivity index (χ2v) is 4.68. The molecule has 21 heavy (non-hydrogen) atoms. The number of allylic oxidation sites excluding steroid dienone is 2. The molecule has 106 valence electrons. The highest BCUT2D eigenvalue weighted by Crippen LogP contribution is 2.23. The van der Waals surface area contributed by atoms with Crippen LogP contribution in [-0.4, -0.2) is 12.6 Å². The molecule has 4 nitrogen and oxygen atoms in total. The van der Waals surface area contributed by atoms with Gasteiger partial charge in [0.05, 0.1) is 5.57 Å². The summed E-state index contributed by atoms with van der Waals surface area (Å²) in [4.78, 5) is 2.27. The van der Waals surface area contributed by atoms with Gasteiger partial charge < -0.3 is 4.90 Å². The molecule has 1 rings (SSSR count). The Labute approximate surface area is 126 Å². The molecule has 1 aromatic carbocycles. The number of anilines is 1. The molecule has 0 saturated heterocycles. The van der Waals surface area contributed by atoms with Crippen molar-refractivity contribution in [1.82, 2.24) is 0 Å². The van der Waals surface area contributed by atoms with Crippen molar-refractivity contribution in [3.63, 3.8) is 0 Å². The molecule has 0 heterocycles. The second kappa shape index (κ2) is 7.73. The average Bonchev–Trinajstić information content (AvgIpc) is 2.53. The van der Waals surface area contributed by atoms with Crippen LogP contribution in [0.15, 0.2) is 29.8 Å². The fraction of sp³-hybridized carbons (Fsp3) is 0.353. The summed E-state index contributed by atoms with van der Waals surface area (Å²) in [5.41, 5.74) is 1.64. The van der Waals surface area contributed by atoms with Gasteiger partial charge in [0.1, 0.15) is 23.8 Å². The van der Waals surface area contributed by atoms with E-state index in [0.29, 0.717) is 11.6 Å². The molecule has 0 fully saturated rings. The van der Waals surface area contributed by atoms with Crippen molar-refractivity contribution in [2.24, 2.45) is 0 Å². The Hall–Kier alpha value is -2.77. The Balaban J connectivity index is 3.20. The van der Waals surface area contributed by atoms with Crippen molar-refractivity contribution >= 4 is 11.3 Å². The molecule has 1 atom stereocenters. The molecule has 0 aromatic heterocycles. The standard InChI is InChI=1S/C17H18N4/c1-4-13(3)21(5-2)16-8-6-14(7-9-16)17(12-20)15(10-18)11-19/h6-9,13H,4-5H2,1-3H3. The van der Waals surface area contributed by atoms with Gasteiger partial charge in [-0.1, -0.05) is 19.1 Å². The second-order valence-electron chi connectivity index (χ2n) is 4.68. The molecule has 0 spiro atoms. The van der Waals surface area contributed by atoms with Crippen molar-refractivity contribution in [1.29, 1.82) is 15.8 Å². The quantitative estimate of drug-likeness (QED) is 0.771. The normalized spacial score (nSPS) is 10.7. The van der Waals surface area contributed by atoms with E-state index >= 15 is 0 Å². The van der Waals surface area contributed by atoms with E-state index in [1.54, 1.807) is 24.3 Å². The van der Waals surface area contributed by atoms with E-state index in [1.165, 1.54) is 0 Å². The SMILES string of the molecule is CCC(C)N(CC)c1ccc(C(C#N)=C(C#N)C#N)cc1. The van der Waals surface area contributed by atoms with Gasteiger partial charge in [-0.3, -0.25) is 0 Å². The molecule has 0 bridgehead atoms. The Morgan fingerprint density at radius 3 is 2.00 bits per heavy atom. The van der Waals surface area contributed by atoms with Gasteiger partial charge in [0.2, 0.25) is 0 Å². The first-order valence-electron chi connectivity index (χ1n) is 6.94. The van der Waals surface area contributed by atoms with Crippen molar-refractivity contribution in [3.05, 3.63) is 35.4 Å². The predicted molar refractivity (Wildman–Crippen MR) is 83.0 cm³/mol. The topological polar surface area (TPSA) is 74.6 Å². The molecule has 0 saturated carbocycles. The van der Waals surface area contributed by atoms with Gasteiger partial charge in [-0.15, -0.1) is 0 Å². The summed E-state index contributed by atoms with van der Waals surface area (Å²) in [5, 5.41) is 26.9. The molecular formula is C17H18N4. The van der Waals surface area contributed by atoms with E-state index in [0.717, 1.165) is 18.7 Å². The lowest BCUT2D eigenvalue weighted by atomic mass is 10.0. The fourth-order valence-corrected chi connectivity index (χ4v) is 2.19. The summed E-state index contributed by atoms with van der Waals surface area (Å²) >= 11 is 0. The third-order valence-corrected chi connectivity index (χ3v) is 3.54. The number of nitriles is 3. The molecular weight excluding hydrogens is 260 g/mol. The number of hydrogen-bond acceptors (Lipinski definition) is 4. The maximum atomic E-state index is 9.14. The summed E-state index contributed by atoms with van der Waals surface area (Å²) in [6, 6.07) is 13.3. The van der Waals surface area contributed by atoms with E-state index in [4.69, 9.17) is 15.8 Å². The first kappa shape index (κ1) is 16.3. The molecule has 0 aliphatic rings. The highest BCUT2D eigenvalue weighted by molar-refractivity contribution is 5.84. The minimum atomic E-state index is -0.153. The van der Waals surface area contributed by atoms with E-state index in [9.17, 15) is 0 Å². The third kappa shape index (κ3) is 3.62.